The molecule has 1 aromatic rings. The number of methoxy groups -OCH3 is 1. The van der Waals surface area contributed by atoms with Gasteiger partial charge in [0, 0.05) is 12.4 Å². The maximum absolute atomic E-state index is 10.9. The number of hydrogen-bond acceptors (Lipinski definition) is 4. The lowest BCUT2D eigenvalue weighted by Gasteiger charge is -2.11. The Labute approximate surface area is 82.5 Å². The minimum absolute atomic E-state index is 0.0264. The second-order valence-corrected chi connectivity index (χ2v) is 3.03. The Morgan fingerprint density at radius 1 is 1.71 bits per heavy atom. The van der Waals surface area contributed by atoms with E-state index in [-0.39, 0.29) is 6.42 Å². The highest BCUT2D eigenvalue weighted by molar-refractivity contribution is 5.70. The van der Waals surface area contributed by atoms with Gasteiger partial charge in [0.05, 0.1) is 19.6 Å². The molecule has 0 aliphatic rings. The first-order valence-electron chi connectivity index (χ1n) is 4.30. The van der Waals surface area contributed by atoms with Crippen LogP contribution in [0.4, 0.5) is 0 Å². The number of esters is 1. The molecule has 0 aliphatic heterocycles. The molecule has 76 valence electrons. The molecule has 0 saturated heterocycles. The molecule has 0 fully saturated rings. The van der Waals surface area contributed by atoms with Gasteiger partial charge in [-0.1, -0.05) is 0 Å². The first kappa shape index (κ1) is 10.7. The van der Waals surface area contributed by atoms with Crippen molar-refractivity contribution in [1.29, 1.82) is 0 Å². The highest BCUT2D eigenvalue weighted by Crippen LogP contribution is 2.19. The van der Waals surface area contributed by atoms with Crippen LogP contribution in [0, 0.1) is 6.92 Å². The Morgan fingerprint density at radius 2 is 2.43 bits per heavy atom. The van der Waals surface area contributed by atoms with Crippen molar-refractivity contribution < 1.29 is 14.6 Å². The maximum atomic E-state index is 10.9. The zero-order valence-electron chi connectivity index (χ0n) is 8.23. The van der Waals surface area contributed by atoms with Crippen LogP contribution in [-0.4, -0.2) is 23.2 Å². The van der Waals surface area contributed by atoms with E-state index in [0.717, 1.165) is 5.56 Å². The topological polar surface area (TPSA) is 59.4 Å². The second-order valence-electron chi connectivity index (χ2n) is 3.03. The molecule has 1 aromatic heterocycles. The molecule has 0 aliphatic carbocycles. The van der Waals surface area contributed by atoms with E-state index < -0.39 is 12.1 Å². The maximum Gasteiger partial charge on any atom is 0.308 e. The summed E-state index contributed by atoms with van der Waals surface area (Å²) < 4.78 is 4.47. The number of pyridine rings is 1. The fraction of sp³-hybridized carbons (Fsp3) is 0.400. The predicted octanol–water partition coefficient (Wildman–Crippen LogP) is 0.987. The molecule has 0 bridgehead atoms. The molecular formula is C10H13NO3. The molecule has 14 heavy (non-hydrogen) atoms. The molecule has 4 nitrogen and oxygen atoms in total. The molecule has 0 amide bonds. The van der Waals surface area contributed by atoms with Crippen LogP contribution in [0.1, 0.15) is 23.7 Å². The number of carbonyl (C=O) groups excluding carboxylic acids is 1. The number of aryl methyl sites for hydroxylation is 1. The fourth-order valence-electron chi connectivity index (χ4n) is 1.21. The number of carbonyl (C=O) groups is 1. The van der Waals surface area contributed by atoms with Crippen LogP contribution in [0.5, 0.6) is 0 Å². The van der Waals surface area contributed by atoms with Crippen LogP contribution in [0.3, 0.4) is 0 Å². The molecule has 1 N–H and O–H groups in total. The minimum Gasteiger partial charge on any atom is -0.469 e. The van der Waals surface area contributed by atoms with Crippen molar-refractivity contribution in [2.45, 2.75) is 19.4 Å². The predicted molar refractivity (Wildman–Crippen MR) is 50.6 cm³/mol. The summed E-state index contributed by atoms with van der Waals surface area (Å²) in [5.74, 6) is -0.422. The van der Waals surface area contributed by atoms with Crippen LogP contribution in [0.15, 0.2) is 18.5 Å². The summed E-state index contributed by atoms with van der Waals surface area (Å²) in [7, 11) is 1.30. The summed E-state index contributed by atoms with van der Waals surface area (Å²) in [4.78, 5) is 14.8. The molecule has 1 heterocycles. The van der Waals surface area contributed by atoms with Gasteiger partial charge in [0.2, 0.25) is 0 Å². The largest absolute Gasteiger partial charge is 0.469 e. The van der Waals surface area contributed by atoms with Gasteiger partial charge in [-0.25, -0.2) is 0 Å². The summed E-state index contributed by atoms with van der Waals surface area (Å²) in [6, 6.07) is 1.70. The molecular weight excluding hydrogens is 182 g/mol. The van der Waals surface area contributed by atoms with Gasteiger partial charge in [0.25, 0.3) is 0 Å². The van der Waals surface area contributed by atoms with E-state index in [4.69, 9.17) is 0 Å². The number of aliphatic hydroxyl groups excluding tert-OH is 1. The van der Waals surface area contributed by atoms with Gasteiger partial charge in [0.15, 0.2) is 0 Å². The monoisotopic (exact) mass is 195 g/mol. The molecule has 0 spiro atoms. The van der Waals surface area contributed by atoms with Gasteiger partial charge >= 0.3 is 5.97 Å². The molecule has 1 rings (SSSR count). The summed E-state index contributed by atoms with van der Waals surface area (Å²) in [5.41, 5.74) is 1.58. The molecule has 0 aromatic carbocycles. The minimum atomic E-state index is -0.814. The van der Waals surface area contributed by atoms with Crippen molar-refractivity contribution in [2.24, 2.45) is 0 Å². The molecule has 1 atom stereocenters. The summed E-state index contributed by atoms with van der Waals surface area (Å²) in [5, 5.41) is 9.67. The number of nitrogens with zero attached hydrogens (tertiary/aromatic N) is 1. The lowest BCUT2D eigenvalue weighted by Crippen LogP contribution is -2.09. The van der Waals surface area contributed by atoms with E-state index in [1.54, 1.807) is 18.5 Å². The van der Waals surface area contributed by atoms with E-state index in [2.05, 4.69) is 9.72 Å². The van der Waals surface area contributed by atoms with E-state index in [1.807, 2.05) is 6.92 Å². The van der Waals surface area contributed by atoms with Crippen LogP contribution < -0.4 is 0 Å². The highest BCUT2D eigenvalue weighted by Gasteiger charge is 2.14. The van der Waals surface area contributed by atoms with Crippen LogP contribution in [0.2, 0.25) is 0 Å². The molecule has 0 radical (unpaired) electrons. The normalized spacial score (nSPS) is 12.2. The quantitative estimate of drug-likeness (QED) is 0.730. The second kappa shape index (κ2) is 4.72. The standard InChI is InChI=1S/C10H13NO3/c1-7-6-11-4-3-8(7)9(12)5-10(13)14-2/h3-4,6,9,12H,5H2,1-2H3/t9-/m0/s1. The highest BCUT2D eigenvalue weighted by atomic mass is 16.5. The van der Waals surface area contributed by atoms with Crippen LogP contribution in [-0.2, 0) is 9.53 Å². The van der Waals surface area contributed by atoms with Crippen molar-refractivity contribution in [2.75, 3.05) is 7.11 Å². The summed E-state index contributed by atoms with van der Waals surface area (Å²) >= 11 is 0. The number of aromatic nitrogens is 1. The third-order valence-electron chi connectivity index (χ3n) is 2.01. The first-order chi connectivity index (χ1) is 6.65. The Morgan fingerprint density at radius 3 is 3.00 bits per heavy atom. The Hall–Kier alpha value is -1.42. The Balaban J connectivity index is 2.74. The molecule has 0 saturated carbocycles. The Kier molecular flexibility index (Phi) is 3.59. The van der Waals surface area contributed by atoms with Crippen molar-refractivity contribution in [3.63, 3.8) is 0 Å². The van der Waals surface area contributed by atoms with Crippen molar-refractivity contribution >= 4 is 5.97 Å². The first-order valence-corrected chi connectivity index (χ1v) is 4.30. The number of hydrogen-bond donors (Lipinski definition) is 1. The average molecular weight is 195 g/mol. The van der Waals surface area contributed by atoms with Crippen molar-refractivity contribution in [3.05, 3.63) is 29.6 Å². The van der Waals surface area contributed by atoms with Gasteiger partial charge in [-0.15, -0.1) is 0 Å². The SMILES string of the molecule is COC(=O)C[C@H](O)c1ccncc1C. The lowest BCUT2D eigenvalue weighted by molar-refractivity contribution is -0.142. The molecule has 0 unspecified atom stereocenters. The van der Waals surface area contributed by atoms with Gasteiger partial charge in [-0.3, -0.25) is 9.78 Å². The van der Waals surface area contributed by atoms with Crippen molar-refractivity contribution in [3.8, 4) is 0 Å². The smallest absolute Gasteiger partial charge is 0.308 e. The molecule has 4 heteroatoms. The third-order valence-corrected chi connectivity index (χ3v) is 2.01. The summed E-state index contributed by atoms with van der Waals surface area (Å²) in [6.45, 7) is 1.84. The van der Waals surface area contributed by atoms with Crippen LogP contribution >= 0.6 is 0 Å². The lowest BCUT2D eigenvalue weighted by atomic mass is 10.0. The fourth-order valence-corrected chi connectivity index (χ4v) is 1.21. The number of aliphatic hydroxyl groups is 1. The summed E-state index contributed by atoms with van der Waals surface area (Å²) in [6.07, 6.45) is 2.39. The van der Waals surface area contributed by atoms with Gasteiger partial charge < -0.3 is 9.84 Å². The van der Waals surface area contributed by atoms with Crippen molar-refractivity contribution in [1.82, 2.24) is 4.98 Å². The number of rotatable bonds is 3. The zero-order valence-corrected chi connectivity index (χ0v) is 8.23. The van der Waals surface area contributed by atoms with E-state index >= 15 is 0 Å². The van der Waals surface area contributed by atoms with Gasteiger partial charge in [-0.2, -0.15) is 0 Å². The van der Waals surface area contributed by atoms with E-state index in [9.17, 15) is 9.90 Å². The van der Waals surface area contributed by atoms with Gasteiger partial charge in [-0.05, 0) is 24.1 Å². The van der Waals surface area contributed by atoms with E-state index in [0.29, 0.717) is 5.56 Å². The van der Waals surface area contributed by atoms with Crippen LogP contribution in [0.25, 0.3) is 0 Å². The van der Waals surface area contributed by atoms with Gasteiger partial charge in [0.1, 0.15) is 0 Å². The third kappa shape index (κ3) is 2.53. The zero-order chi connectivity index (χ0) is 10.6. The number of ether oxygens (including phenoxy) is 1. The Bertz CT molecular complexity index is 325. The average Bonchev–Trinajstić information content (AvgIpc) is 2.18. The van der Waals surface area contributed by atoms with E-state index in [1.165, 1.54) is 7.11 Å².